The van der Waals surface area contributed by atoms with Crippen LogP contribution in [0.3, 0.4) is 0 Å². The molecule has 0 aliphatic heterocycles. The molecule has 0 atom stereocenters. The smallest absolute Gasteiger partial charge is 0.344 e. The monoisotopic (exact) mass is 408 g/mol. The summed E-state index contributed by atoms with van der Waals surface area (Å²) in [7, 11) is 3.10. The minimum Gasteiger partial charge on any atom is -0.497 e. The van der Waals surface area contributed by atoms with Crippen molar-refractivity contribution in [2.75, 3.05) is 14.2 Å². The van der Waals surface area contributed by atoms with Gasteiger partial charge in [-0.2, -0.15) is 0 Å². The second-order valence-corrected chi connectivity index (χ2v) is 7.47. The Morgan fingerprint density at radius 1 is 0.900 bits per heavy atom. The van der Waals surface area contributed by atoms with Crippen molar-refractivity contribution in [3.8, 4) is 28.4 Å². The van der Waals surface area contributed by atoms with Crippen LogP contribution in [0.5, 0.6) is 17.2 Å². The molecule has 0 saturated heterocycles. The molecule has 30 heavy (non-hydrogen) atoms. The van der Waals surface area contributed by atoms with Crippen molar-refractivity contribution in [2.24, 2.45) is 5.92 Å². The van der Waals surface area contributed by atoms with Crippen LogP contribution in [0.15, 0.2) is 51.7 Å². The van der Waals surface area contributed by atoms with Crippen molar-refractivity contribution in [2.45, 2.75) is 32.1 Å². The normalized spacial score (nSPS) is 14.5. The number of methoxy groups -OCH3 is 2. The molecule has 4 rings (SSSR count). The van der Waals surface area contributed by atoms with Crippen LogP contribution < -0.4 is 19.8 Å². The molecule has 2 aromatic carbocycles. The van der Waals surface area contributed by atoms with Crippen molar-refractivity contribution in [3.05, 3.63) is 52.9 Å². The van der Waals surface area contributed by atoms with Gasteiger partial charge in [-0.05, 0) is 49.2 Å². The third kappa shape index (κ3) is 4.03. The average molecular weight is 408 g/mol. The second-order valence-electron chi connectivity index (χ2n) is 7.47. The van der Waals surface area contributed by atoms with Gasteiger partial charge in [0.2, 0.25) is 0 Å². The summed E-state index contributed by atoms with van der Waals surface area (Å²) in [5, 5.41) is 0.715. The molecule has 0 unspecified atom stereocenters. The molecule has 0 N–H and O–H groups in total. The van der Waals surface area contributed by atoms with Gasteiger partial charge in [-0.1, -0.05) is 19.3 Å². The van der Waals surface area contributed by atoms with Crippen LogP contribution in [0, 0.1) is 5.92 Å². The molecule has 3 aromatic rings. The number of benzene rings is 2. The van der Waals surface area contributed by atoms with Gasteiger partial charge in [-0.15, -0.1) is 0 Å². The van der Waals surface area contributed by atoms with E-state index in [9.17, 15) is 9.59 Å². The van der Waals surface area contributed by atoms with Gasteiger partial charge in [-0.3, -0.25) is 4.79 Å². The maximum Gasteiger partial charge on any atom is 0.344 e. The molecule has 1 fully saturated rings. The molecule has 1 saturated carbocycles. The van der Waals surface area contributed by atoms with Crippen molar-refractivity contribution < 1.29 is 23.4 Å². The minimum atomic E-state index is -0.509. The van der Waals surface area contributed by atoms with Crippen LogP contribution in [0.4, 0.5) is 0 Å². The fourth-order valence-corrected chi connectivity index (χ4v) is 3.91. The lowest BCUT2D eigenvalue weighted by Gasteiger charge is -2.19. The standard InChI is InChI=1S/C24H24O6/c1-27-17-10-11-21(28-2)19(13-17)20-12-16-8-9-18(14-22(16)30-24(20)26)29-23(25)15-6-4-3-5-7-15/h8-15H,3-7H2,1-2H3. The van der Waals surface area contributed by atoms with Crippen LogP contribution in [0.25, 0.3) is 22.1 Å². The van der Waals surface area contributed by atoms with E-state index >= 15 is 0 Å². The lowest BCUT2D eigenvalue weighted by Crippen LogP contribution is -2.22. The number of carbonyl (C=O) groups excluding carboxylic acids is 1. The summed E-state index contributed by atoms with van der Waals surface area (Å²) in [6.45, 7) is 0. The van der Waals surface area contributed by atoms with Gasteiger partial charge >= 0.3 is 11.6 Å². The van der Waals surface area contributed by atoms with Gasteiger partial charge in [0.05, 0.1) is 25.7 Å². The summed E-state index contributed by atoms with van der Waals surface area (Å²) in [4.78, 5) is 25.1. The topological polar surface area (TPSA) is 75.0 Å². The van der Waals surface area contributed by atoms with E-state index in [1.54, 1.807) is 56.7 Å². The molecule has 1 heterocycles. The lowest BCUT2D eigenvalue weighted by atomic mass is 9.89. The molecule has 6 heteroatoms. The molecule has 156 valence electrons. The van der Waals surface area contributed by atoms with Crippen LogP contribution in [-0.2, 0) is 4.79 Å². The van der Waals surface area contributed by atoms with Gasteiger partial charge in [0.15, 0.2) is 0 Å². The van der Waals surface area contributed by atoms with Crippen LogP contribution in [-0.4, -0.2) is 20.2 Å². The van der Waals surface area contributed by atoms with E-state index in [2.05, 4.69) is 0 Å². The number of hydrogen-bond donors (Lipinski definition) is 0. The van der Waals surface area contributed by atoms with E-state index in [0.29, 0.717) is 39.3 Å². The van der Waals surface area contributed by atoms with Crippen molar-refractivity contribution in [1.82, 2.24) is 0 Å². The Kier molecular flexibility index (Phi) is 5.74. The van der Waals surface area contributed by atoms with Gasteiger partial charge < -0.3 is 18.6 Å². The van der Waals surface area contributed by atoms with Crippen LogP contribution in [0.1, 0.15) is 32.1 Å². The zero-order chi connectivity index (χ0) is 21.1. The van der Waals surface area contributed by atoms with E-state index in [1.165, 1.54) is 6.42 Å². The quantitative estimate of drug-likeness (QED) is 0.337. The van der Waals surface area contributed by atoms with Crippen molar-refractivity contribution in [1.29, 1.82) is 0 Å². The Hall–Kier alpha value is -3.28. The van der Waals surface area contributed by atoms with Crippen molar-refractivity contribution >= 4 is 16.9 Å². The second kappa shape index (κ2) is 8.61. The van der Waals surface area contributed by atoms with Crippen LogP contribution >= 0.6 is 0 Å². The van der Waals surface area contributed by atoms with E-state index in [0.717, 1.165) is 25.7 Å². The maximum atomic E-state index is 12.7. The fourth-order valence-electron chi connectivity index (χ4n) is 3.91. The summed E-state index contributed by atoms with van der Waals surface area (Å²) in [5.74, 6) is 1.27. The predicted molar refractivity (Wildman–Crippen MR) is 113 cm³/mol. The third-order valence-corrected chi connectivity index (χ3v) is 5.56. The van der Waals surface area contributed by atoms with E-state index in [1.807, 2.05) is 0 Å². The summed E-state index contributed by atoms with van der Waals surface area (Å²) in [5.41, 5.74) is 0.801. The molecule has 1 aliphatic carbocycles. The minimum absolute atomic E-state index is 0.0515. The number of esters is 1. The first-order chi connectivity index (χ1) is 14.6. The van der Waals surface area contributed by atoms with Gasteiger partial charge in [0.1, 0.15) is 22.8 Å². The highest BCUT2D eigenvalue weighted by molar-refractivity contribution is 5.85. The molecular formula is C24H24O6. The molecular weight excluding hydrogens is 384 g/mol. The highest BCUT2D eigenvalue weighted by Crippen LogP contribution is 2.34. The Morgan fingerprint density at radius 2 is 1.67 bits per heavy atom. The number of hydrogen-bond acceptors (Lipinski definition) is 6. The Labute approximate surface area is 174 Å². The molecule has 0 radical (unpaired) electrons. The number of rotatable bonds is 5. The number of fused-ring (bicyclic) bond motifs is 1. The molecule has 0 spiro atoms. The Morgan fingerprint density at radius 3 is 2.40 bits per heavy atom. The lowest BCUT2D eigenvalue weighted by molar-refractivity contribution is -0.139. The van der Waals surface area contributed by atoms with E-state index in [-0.39, 0.29) is 11.9 Å². The Balaban J connectivity index is 1.66. The number of ether oxygens (including phenoxy) is 3. The first-order valence-electron chi connectivity index (χ1n) is 10.1. The summed E-state index contributed by atoms with van der Waals surface area (Å²) in [6.07, 6.45) is 5.03. The first kappa shape index (κ1) is 20.0. The maximum absolute atomic E-state index is 12.7. The van der Waals surface area contributed by atoms with Gasteiger partial charge in [0.25, 0.3) is 0 Å². The average Bonchev–Trinajstić information content (AvgIpc) is 2.78. The molecule has 0 amide bonds. The molecule has 0 bridgehead atoms. The fraction of sp³-hybridized carbons (Fsp3) is 0.333. The first-order valence-corrected chi connectivity index (χ1v) is 10.1. The highest BCUT2D eigenvalue weighted by Gasteiger charge is 2.23. The Bertz CT molecular complexity index is 1120. The summed E-state index contributed by atoms with van der Waals surface area (Å²) >= 11 is 0. The van der Waals surface area contributed by atoms with Crippen molar-refractivity contribution in [3.63, 3.8) is 0 Å². The largest absolute Gasteiger partial charge is 0.497 e. The molecule has 1 aromatic heterocycles. The van der Waals surface area contributed by atoms with Crippen LogP contribution in [0.2, 0.25) is 0 Å². The molecule has 1 aliphatic rings. The third-order valence-electron chi connectivity index (χ3n) is 5.56. The van der Waals surface area contributed by atoms with E-state index in [4.69, 9.17) is 18.6 Å². The highest BCUT2D eigenvalue weighted by atomic mass is 16.5. The van der Waals surface area contributed by atoms with Gasteiger partial charge in [0, 0.05) is 17.0 Å². The van der Waals surface area contributed by atoms with E-state index < -0.39 is 5.63 Å². The zero-order valence-corrected chi connectivity index (χ0v) is 17.1. The molecule has 6 nitrogen and oxygen atoms in total. The van der Waals surface area contributed by atoms with Gasteiger partial charge in [-0.25, -0.2) is 4.79 Å². The number of carbonyl (C=O) groups is 1. The SMILES string of the molecule is COc1ccc(OC)c(-c2cc3ccc(OC(=O)C4CCCCC4)cc3oc2=O)c1. The zero-order valence-electron chi connectivity index (χ0n) is 17.1. The summed E-state index contributed by atoms with van der Waals surface area (Å²) in [6, 6.07) is 12.1. The summed E-state index contributed by atoms with van der Waals surface area (Å²) < 4.78 is 21.8. The predicted octanol–water partition coefficient (Wildman–Crippen LogP) is 4.96.